The van der Waals surface area contributed by atoms with E-state index in [-0.39, 0.29) is 10.6 Å². The maximum Gasteiger partial charge on any atom is 0.252 e. The van der Waals surface area contributed by atoms with E-state index in [1.165, 1.54) is 0 Å². The molecular weight excluding hydrogens is 319 g/mol. The summed E-state index contributed by atoms with van der Waals surface area (Å²) in [5.74, 6) is -1.64. The van der Waals surface area contributed by atoms with Crippen molar-refractivity contribution < 1.29 is 17.6 Å². The Kier molecular flexibility index (Phi) is 6.57. The summed E-state index contributed by atoms with van der Waals surface area (Å²) in [5.41, 5.74) is -0.113. The first kappa shape index (κ1) is 17.9. The van der Waals surface area contributed by atoms with Crippen LogP contribution >= 0.6 is 11.6 Å². The number of carbonyl (C=O) groups is 1. The zero-order valence-corrected chi connectivity index (χ0v) is 13.2. The number of rotatable bonds is 7. The topological polar surface area (TPSA) is 89.3 Å². The molecule has 3 N–H and O–H groups in total. The first-order valence-electron chi connectivity index (χ1n) is 6.57. The molecule has 0 fully saturated rings. The van der Waals surface area contributed by atoms with Crippen LogP contribution in [0.3, 0.4) is 0 Å². The number of carbonyl (C=O) groups excluding carboxylic acids is 1. The van der Waals surface area contributed by atoms with Crippen molar-refractivity contribution in [3.63, 3.8) is 0 Å². The van der Waals surface area contributed by atoms with Crippen LogP contribution < -0.4 is 10.5 Å². The van der Waals surface area contributed by atoms with E-state index in [1.54, 1.807) is 0 Å². The SMILES string of the molecule is CCCCCCNC(=O)c1cc(S(N)(=O)=O)c(F)cc1Cl. The fourth-order valence-corrected chi connectivity index (χ4v) is 2.62. The van der Waals surface area contributed by atoms with E-state index < -0.39 is 26.6 Å². The Morgan fingerprint density at radius 3 is 2.57 bits per heavy atom. The molecule has 21 heavy (non-hydrogen) atoms. The molecule has 8 heteroatoms. The molecule has 5 nitrogen and oxygen atoms in total. The summed E-state index contributed by atoms with van der Waals surface area (Å²) in [6.45, 7) is 2.52. The van der Waals surface area contributed by atoms with Gasteiger partial charge in [-0.05, 0) is 18.6 Å². The highest BCUT2D eigenvalue weighted by Crippen LogP contribution is 2.23. The Hall–Kier alpha value is -1.18. The molecule has 0 aliphatic carbocycles. The predicted octanol–water partition coefficient (Wildman–Crippen LogP) is 2.44. The third kappa shape index (κ3) is 5.26. The van der Waals surface area contributed by atoms with Gasteiger partial charge in [-0.3, -0.25) is 4.79 Å². The zero-order chi connectivity index (χ0) is 16.0. The molecule has 1 aromatic carbocycles. The molecule has 0 radical (unpaired) electrons. The maximum absolute atomic E-state index is 13.5. The standard InChI is InChI=1S/C13H18ClFN2O3S/c1-2-3-4-5-6-17-13(18)9-7-12(21(16,19)20)11(15)8-10(9)14/h7-8H,2-6H2,1H3,(H,17,18)(H2,16,19,20). The van der Waals surface area contributed by atoms with Crippen LogP contribution in [0, 0.1) is 5.82 Å². The largest absolute Gasteiger partial charge is 0.352 e. The molecule has 0 unspecified atom stereocenters. The number of primary sulfonamides is 1. The van der Waals surface area contributed by atoms with Gasteiger partial charge < -0.3 is 5.32 Å². The third-order valence-corrected chi connectivity index (χ3v) is 4.13. The molecule has 0 spiro atoms. The summed E-state index contributed by atoms with van der Waals surface area (Å²) >= 11 is 5.77. The number of sulfonamides is 1. The number of hydrogen-bond donors (Lipinski definition) is 2. The first-order chi connectivity index (χ1) is 9.77. The number of benzene rings is 1. The second kappa shape index (κ2) is 7.72. The lowest BCUT2D eigenvalue weighted by Gasteiger charge is -2.09. The van der Waals surface area contributed by atoms with E-state index in [0.29, 0.717) is 6.54 Å². The van der Waals surface area contributed by atoms with E-state index in [4.69, 9.17) is 16.7 Å². The molecular formula is C13H18ClFN2O3S. The number of hydrogen-bond acceptors (Lipinski definition) is 3. The van der Waals surface area contributed by atoms with E-state index in [2.05, 4.69) is 12.2 Å². The lowest BCUT2D eigenvalue weighted by Crippen LogP contribution is -2.25. The maximum atomic E-state index is 13.5. The van der Waals surface area contributed by atoms with E-state index in [9.17, 15) is 17.6 Å². The molecule has 118 valence electrons. The fourth-order valence-electron chi connectivity index (χ4n) is 1.77. The summed E-state index contributed by atoms with van der Waals surface area (Å²) in [6, 6.07) is 1.63. The van der Waals surface area contributed by atoms with Crippen molar-refractivity contribution in [2.45, 2.75) is 37.5 Å². The van der Waals surface area contributed by atoms with Gasteiger partial charge in [0.15, 0.2) is 0 Å². The van der Waals surface area contributed by atoms with Crippen molar-refractivity contribution in [3.8, 4) is 0 Å². The van der Waals surface area contributed by atoms with Gasteiger partial charge in [-0.1, -0.05) is 37.8 Å². The van der Waals surface area contributed by atoms with Crippen LogP contribution in [0.4, 0.5) is 4.39 Å². The molecule has 0 bridgehead atoms. The van der Waals surface area contributed by atoms with E-state index >= 15 is 0 Å². The quantitative estimate of drug-likeness (QED) is 0.749. The molecule has 0 heterocycles. The van der Waals surface area contributed by atoms with Gasteiger partial charge in [0.05, 0.1) is 10.6 Å². The van der Waals surface area contributed by atoms with Crippen molar-refractivity contribution in [3.05, 3.63) is 28.5 Å². The predicted molar refractivity (Wildman–Crippen MR) is 79.3 cm³/mol. The highest BCUT2D eigenvalue weighted by molar-refractivity contribution is 7.89. The van der Waals surface area contributed by atoms with Crippen molar-refractivity contribution in [2.24, 2.45) is 5.14 Å². The summed E-state index contributed by atoms with van der Waals surface area (Å²) in [6.07, 6.45) is 3.94. The van der Waals surface area contributed by atoms with E-state index in [0.717, 1.165) is 37.8 Å². The van der Waals surface area contributed by atoms with Gasteiger partial charge in [-0.2, -0.15) is 0 Å². The molecule has 0 aromatic heterocycles. The summed E-state index contributed by atoms with van der Waals surface area (Å²) < 4.78 is 36.0. The van der Waals surface area contributed by atoms with Gasteiger partial charge in [-0.25, -0.2) is 17.9 Å². The summed E-state index contributed by atoms with van der Waals surface area (Å²) in [7, 11) is -4.25. The number of amides is 1. The first-order valence-corrected chi connectivity index (χ1v) is 8.49. The molecule has 1 rings (SSSR count). The molecule has 0 atom stereocenters. The monoisotopic (exact) mass is 336 g/mol. The van der Waals surface area contributed by atoms with Gasteiger partial charge in [0, 0.05) is 6.54 Å². The number of nitrogens with two attached hydrogens (primary N) is 1. The van der Waals surface area contributed by atoms with Gasteiger partial charge in [0.2, 0.25) is 10.0 Å². The van der Waals surface area contributed by atoms with Crippen molar-refractivity contribution >= 4 is 27.5 Å². The van der Waals surface area contributed by atoms with Gasteiger partial charge in [0.1, 0.15) is 10.7 Å². The van der Waals surface area contributed by atoms with Crippen LogP contribution in [0.5, 0.6) is 0 Å². The molecule has 0 aliphatic heterocycles. The van der Waals surface area contributed by atoms with Crippen molar-refractivity contribution in [1.29, 1.82) is 0 Å². The summed E-state index contributed by atoms with van der Waals surface area (Å²) in [5, 5.41) is 7.34. The Bertz CT molecular complexity index is 620. The van der Waals surface area contributed by atoms with Crippen LogP contribution in [-0.4, -0.2) is 20.9 Å². The van der Waals surface area contributed by atoms with Gasteiger partial charge >= 0.3 is 0 Å². The summed E-state index contributed by atoms with van der Waals surface area (Å²) in [4.78, 5) is 11.2. The van der Waals surface area contributed by atoms with Gasteiger partial charge in [0.25, 0.3) is 5.91 Å². The molecule has 0 aliphatic rings. The Labute approximate surface area is 128 Å². The normalized spacial score (nSPS) is 11.4. The van der Waals surface area contributed by atoms with Crippen LogP contribution in [0.1, 0.15) is 43.0 Å². The lowest BCUT2D eigenvalue weighted by molar-refractivity contribution is 0.0953. The highest BCUT2D eigenvalue weighted by atomic mass is 35.5. The minimum Gasteiger partial charge on any atom is -0.352 e. The molecule has 0 saturated heterocycles. The number of unbranched alkanes of at least 4 members (excludes halogenated alkanes) is 3. The van der Waals surface area contributed by atoms with Crippen LogP contribution in [0.25, 0.3) is 0 Å². The Balaban J connectivity index is 2.85. The van der Waals surface area contributed by atoms with Crippen molar-refractivity contribution in [2.75, 3.05) is 6.54 Å². The second-order valence-corrected chi connectivity index (χ2v) is 6.56. The van der Waals surface area contributed by atoms with Gasteiger partial charge in [-0.15, -0.1) is 0 Å². The number of halogens is 2. The zero-order valence-electron chi connectivity index (χ0n) is 11.7. The Morgan fingerprint density at radius 1 is 1.33 bits per heavy atom. The molecule has 0 saturated carbocycles. The third-order valence-electron chi connectivity index (χ3n) is 2.89. The second-order valence-electron chi connectivity index (χ2n) is 4.62. The fraction of sp³-hybridized carbons (Fsp3) is 0.462. The molecule has 1 aromatic rings. The smallest absolute Gasteiger partial charge is 0.252 e. The average molecular weight is 337 g/mol. The minimum atomic E-state index is -4.25. The highest BCUT2D eigenvalue weighted by Gasteiger charge is 2.20. The van der Waals surface area contributed by atoms with Crippen LogP contribution in [0.15, 0.2) is 17.0 Å². The minimum absolute atomic E-state index is 0.113. The van der Waals surface area contributed by atoms with E-state index in [1.807, 2.05) is 0 Å². The Morgan fingerprint density at radius 2 is 2.00 bits per heavy atom. The number of nitrogens with one attached hydrogen (secondary N) is 1. The molecule has 1 amide bonds. The van der Waals surface area contributed by atoms with Crippen LogP contribution in [0.2, 0.25) is 5.02 Å². The van der Waals surface area contributed by atoms with Crippen molar-refractivity contribution in [1.82, 2.24) is 5.32 Å². The lowest BCUT2D eigenvalue weighted by atomic mass is 10.2. The average Bonchev–Trinajstić information content (AvgIpc) is 2.36. The van der Waals surface area contributed by atoms with Crippen LogP contribution in [-0.2, 0) is 10.0 Å².